The van der Waals surface area contributed by atoms with Crippen LogP contribution in [0.3, 0.4) is 0 Å². The van der Waals surface area contributed by atoms with E-state index < -0.39 is 0 Å². The molecule has 2 aliphatic rings. The molecule has 0 aromatic carbocycles. The molecule has 0 aliphatic heterocycles. The van der Waals surface area contributed by atoms with Crippen molar-refractivity contribution in [3.05, 3.63) is 17.8 Å². The number of pyridine rings is 1. The van der Waals surface area contributed by atoms with Gasteiger partial charge in [-0.2, -0.15) is 5.26 Å². The largest absolute Gasteiger partial charge is 0.396 e. The minimum Gasteiger partial charge on any atom is -0.396 e. The van der Waals surface area contributed by atoms with Crippen LogP contribution >= 0.6 is 0 Å². The van der Waals surface area contributed by atoms with Gasteiger partial charge in [0.2, 0.25) is 0 Å². The quantitative estimate of drug-likeness (QED) is 0.902. The van der Waals surface area contributed by atoms with Gasteiger partial charge in [0.25, 0.3) is 0 Å². The molecule has 100 valence electrons. The van der Waals surface area contributed by atoms with Gasteiger partial charge >= 0.3 is 0 Å². The fourth-order valence-corrected chi connectivity index (χ4v) is 3.81. The third-order valence-electron chi connectivity index (χ3n) is 4.80. The molecule has 2 N–H and O–H groups in total. The highest BCUT2D eigenvalue weighted by atomic mass is 15.2. The molecule has 0 spiro atoms. The lowest BCUT2D eigenvalue weighted by molar-refractivity contribution is 0.337. The second kappa shape index (κ2) is 4.73. The van der Waals surface area contributed by atoms with Crippen LogP contribution in [0.5, 0.6) is 0 Å². The highest BCUT2D eigenvalue weighted by molar-refractivity contribution is 5.55. The summed E-state index contributed by atoms with van der Waals surface area (Å²) in [6.45, 7) is 1.04. The van der Waals surface area contributed by atoms with E-state index in [4.69, 9.17) is 11.0 Å². The topological polar surface area (TPSA) is 65.9 Å². The van der Waals surface area contributed by atoms with Gasteiger partial charge in [-0.3, -0.25) is 0 Å². The zero-order valence-corrected chi connectivity index (χ0v) is 11.3. The third kappa shape index (κ3) is 2.25. The first kappa shape index (κ1) is 12.3. The molecule has 3 rings (SSSR count). The number of nitrogen functional groups attached to an aromatic ring is 1. The predicted molar refractivity (Wildman–Crippen MR) is 75.6 cm³/mol. The van der Waals surface area contributed by atoms with Gasteiger partial charge < -0.3 is 10.6 Å². The Balaban J connectivity index is 1.70. The molecule has 2 saturated carbocycles. The summed E-state index contributed by atoms with van der Waals surface area (Å²) in [7, 11) is 2.06. The van der Waals surface area contributed by atoms with Crippen LogP contribution in [0.2, 0.25) is 0 Å². The van der Waals surface area contributed by atoms with Crippen LogP contribution < -0.4 is 10.6 Å². The Bertz CT molecular complexity index is 519. The molecular formula is C15H20N4. The Morgan fingerprint density at radius 2 is 2.26 bits per heavy atom. The highest BCUT2D eigenvalue weighted by Crippen LogP contribution is 2.48. The normalized spacial score (nSPS) is 28.3. The zero-order chi connectivity index (χ0) is 13.4. The number of hydrogen-bond donors (Lipinski definition) is 1. The van der Waals surface area contributed by atoms with E-state index in [2.05, 4.69) is 16.9 Å². The molecule has 0 saturated heterocycles. The fourth-order valence-electron chi connectivity index (χ4n) is 3.81. The number of nitrogens with zero attached hydrogens (tertiary/aromatic N) is 3. The molecule has 4 heteroatoms. The smallest absolute Gasteiger partial charge is 0.165 e. The van der Waals surface area contributed by atoms with Crippen LogP contribution in [-0.4, -0.2) is 18.6 Å². The highest BCUT2D eigenvalue weighted by Gasteiger charge is 2.39. The molecule has 3 atom stereocenters. The standard InChI is InChI=1S/C15H20N4/c1-19(9-12-7-10-2-3-11(12)6-10)15-5-4-13(17)14(8-16)18-15/h4-5,10-12H,2-3,6-7,9,17H2,1H3. The fraction of sp³-hybridized carbons (Fsp3) is 0.600. The van der Waals surface area contributed by atoms with E-state index in [1.165, 1.54) is 25.7 Å². The Kier molecular flexibility index (Phi) is 3.06. The number of aromatic nitrogens is 1. The molecule has 2 bridgehead atoms. The van der Waals surface area contributed by atoms with Crippen LogP contribution in [0, 0.1) is 29.1 Å². The summed E-state index contributed by atoms with van der Waals surface area (Å²) in [6.07, 6.45) is 5.64. The van der Waals surface area contributed by atoms with Crippen molar-refractivity contribution in [1.29, 1.82) is 5.26 Å². The lowest BCUT2D eigenvalue weighted by atomic mass is 9.88. The molecule has 2 aliphatic carbocycles. The Labute approximate surface area is 114 Å². The molecule has 1 aromatic rings. The summed E-state index contributed by atoms with van der Waals surface area (Å²) in [5.41, 5.74) is 6.50. The van der Waals surface area contributed by atoms with E-state index in [0.29, 0.717) is 11.4 Å². The van der Waals surface area contributed by atoms with Crippen molar-refractivity contribution in [2.75, 3.05) is 24.2 Å². The molecule has 2 fully saturated rings. The maximum atomic E-state index is 8.98. The predicted octanol–water partition coefficient (Wildman–Crippen LogP) is 2.41. The average Bonchev–Trinajstić information content (AvgIpc) is 3.01. The van der Waals surface area contributed by atoms with Gasteiger partial charge in [-0.15, -0.1) is 0 Å². The van der Waals surface area contributed by atoms with E-state index in [-0.39, 0.29) is 0 Å². The zero-order valence-electron chi connectivity index (χ0n) is 11.3. The second-order valence-corrected chi connectivity index (χ2v) is 6.03. The van der Waals surface area contributed by atoms with Crippen LogP contribution in [0.15, 0.2) is 12.1 Å². The summed E-state index contributed by atoms with van der Waals surface area (Å²) in [6, 6.07) is 5.73. The van der Waals surface area contributed by atoms with E-state index in [0.717, 1.165) is 30.1 Å². The van der Waals surface area contributed by atoms with Crippen LogP contribution in [0.4, 0.5) is 11.5 Å². The van der Waals surface area contributed by atoms with Crippen molar-refractivity contribution in [1.82, 2.24) is 4.98 Å². The first-order valence-electron chi connectivity index (χ1n) is 7.05. The van der Waals surface area contributed by atoms with E-state index in [1.54, 1.807) is 6.07 Å². The SMILES string of the molecule is CN(CC1CC2CCC1C2)c1ccc(N)c(C#N)n1. The molecule has 19 heavy (non-hydrogen) atoms. The van der Waals surface area contributed by atoms with E-state index in [9.17, 15) is 0 Å². The lowest BCUT2D eigenvalue weighted by Gasteiger charge is -2.28. The Morgan fingerprint density at radius 1 is 1.42 bits per heavy atom. The van der Waals surface area contributed by atoms with Gasteiger partial charge in [0.1, 0.15) is 11.9 Å². The van der Waals surface area contributed by atoms with Gasteiger partial charge in [0, 0.05) is 13.6 Å². The molecule has 1 heterocycles. The van der Waals surface area contributed by atoms with Gasteiger partial charge in [0.15, 0.2) is 5.69 Å². The van der Waals surface area contributed by atoms with Gasteiger partial charge in [0.05, 0.1) is 5.69 Å². The molecular weight excluding hydrogens is 236 g/mol. The minimum absolute atomic E-state index is 0.331. The van der Waals surface area contributed by atoms with Crippen LogP contribution in [0.1, 0.15) is 31.4 Å². The first-order chi connectivity index (χ1) is 9.17. The number of hydrogen-bond acceptors (Lipinski definition) is 4. The summed E-state index contributed by atoms with van der Waals surface area (Å²) >= 11 is 0. The van der Waals surface area contributed by atoms with E-state index in [1.807, 2.05) is 12.1 Å². The van der Waals surface area contributed by atoms with Crippen molar-refractivity contribution in [3.63, 3.8) is 0 Å². The van der Waals surface area contributed by atoms with Crippen molar-refractivity contribution in [2.24, 2.45) is 17.8 Å². The average molecular weight is 256 g/mol. The Morgan fingerprint density at radius 3 is 2.89 bits per heavy atom. The van der Waals surface area contributed by atoms with Crippen molar-refractivity contribution in [2.45, 2.75) is 25.7 Å². The second-order valence-electron chi connectivity index (χ2n) is 6.03. The monoisotopic (exact) mass is 256 g/mol. The number of nitriles is 1. The molecule has 0 radical (unpaired) electrons. The first-order valence-corrected chi connectivity index (χ1v) is 7.05. The van der Waals surface area contributed by atoms with Gasteiger partial charge in [-0.05, 0) is 49.1 Å². The van der Waals surface area contributed by atoms with Gasteiger partial charge in [-0.1, -0.05) is 6.42 Å². The van der Waals surface area contributed by atoms with E-state index >= 15 is 0 Å². The number of anilines is 2. The van der Waals surface area contributed by atoms with Crippen molar-refractivity contribution in [3.8, 4) is 6.07 Å². The molecule has 1 aromatic heterocycles. The number of fused-ring (bicyclic) bond motifs is 2. The Hall–Kier alpha value is -1.76. The summed E-state index contributed by atoms with van der Waals surface area (Å²) in [5, 5.41) is 8.98. The molecule has 0 amide bonds. The maximum absolute atomic E-state index is 8.98. The lowest BCUT2D eigenvalue weighted by Crippen LogP contribution is -2.29. The van der Waals surface area contributed by atoms with Crippen molar-refractivity contribution < 1.29 is 0 Å². The number of rotatable bonds is 3. The minimum atomic E-state index is 0.331. The number of nitrogens with two attached hydrogens (primary N) is 1. The molecule has 4 nitrogen and oxygen atoms in total. The van der Waals surface area contributed by atoms with Gasteiger partial charge in [-0.25, -0.2) is 4.98 Å². The van der Waals surface area contributed by atoms with Crippen LogP contribution in [-0.2, 0) is 0 Å². The summed E-state index contributed by atoms with van der Waals surface area (Å²) < 4.78 is 0. The third-order valence-corrected chi connectivity index (χ3v) is 4.80. The summed E-state index contributed by atoms with van der Waals surface area (Å²) in [4.78, 5) is 6.51. The van der Waals surface area contributed by atoms with Crippen molar-refractivity contribution >= 4 is 11.5 Å². The molecule has 3 unspecified atom stereocenters. The maximum Gasteiger partial charge on any atom is 0.165 e. The van der Waals surface area contributed by atoms with Crippen LogP contribution in [0.25, 0.3) is 0 Å². The summed E-state index contributed by atoms with van der Waals surface area (Å²) in [5.74, 6) is 3.54.